The van der Waals surface area contributed by atoms with Crippen molar-refractivity contribution in [2.45, 2.75) is 24.8 Å². The smallest absolute Gasteiger partial charge is 0.338 e. The second kappa shape index (κ2) is 7.81. The molecule has 2 aromatic carbocycles. The summed E-state index contributed by atoms with van der Waals surface area (Å²) in [5.41, 5.74) is 2.20. The molecule has 0 fully saturated rings. The molecule has 3 aromatic rings. The Bertz CT molecular complexity index is 1180. The van der Waals surface area contributed by atoms with Crippen molar-refractivity contribution in [2.75, 3.05) is 14.1 Å². The van der Waals surface area contributed by atoms with Crippen LogP contribution in [0.1, 0.15) is 33.3 Å². The molecule has 0 aliphatic rings. The summed E-state index contributed by atoms with van der Waals surface area (Å²) in [7, 11) is -0.731. The monoisotopic (exact) mass is 414 g/mol. The Morgan fingerprint density at radius 3 is 2.28 bits per heavy atom. The SMILES string of the molecule is Cc1[nH]c2ccccc2c1C(=O)[C@@H](C)OC(=O)c1ccc(S(=O)(=O)N(C)C)cc1. The molecule has 0 saturated heterocycles. The van der Waals surface area contributed by atoms with Crippen molar-refractivity contribution in [3.05, 3.63) is 65.4 Å². The molecule has 8 heteroatoms. The van der Waals surface area contributed by atoms with Gasteiger partial charge in [-0.15, -0.1) is 0 Å². The average Bonchev–Trinajstić information content (AvgIpc) is 3.02. The molecule has 1 N–H and O–H groups in total. The van der Waals surface area contributed by atoms with Crippen LogP contribution >= 0.6 is 0 Å². The van der Waals surface area contributed by atoms with E-state index in [1.807, 2.05) is 24.3 Å². The lowest BCUT2D eigenvalue weighted by molar-refractivity contribution is 0.0319. The van der Waals surface area contributed by atoms with Crippen LogP contribution in [-0.4, -0.2) is 49.7 Å². The number of fused-ring (bicyclic) bond motifs is 1. The van der Waals surface area contributed by atoms with Gasteiger partial charge in [0.05, 0.1) is 10.5 Å². The maximum atomic E-state index is 12.9. The number of carbonyl (C=O) groups excluding carboxylic acids is 2. The van der Waals surface area contributed by atoms with Gasteiger partial charge in [-0.05, 0) is 44.2 Å². The van der Waals surface area contributed by atoms with E-state index in [0.717, 1.165) is 15.2 Å². The van der Waals surface area contributed by atoms with Crippen molar-refractivity contribution in [3.63, 3.8) is 0 Å². The second-order valence-electron chi connectivity index (χ2n) is 6.89. The number of nitrogens with zero attached hydrogens (tertiary/aromatic N) is 1. The summed E-state index contributed by atoms with van der Waals surface area (Å²) in [6.07, 6.45) is -0.995. The normalized spacial score (nSPS) is 12.9. The number of aromatic amines is 1. The topological polar surface area (TPSA) is 96.5 Å². The molecule has 0 radical (unpaired) electrons. The predicted molar refractivity (Wildman–Crippen MR) is 110 cm³/mol. The van der Waals surface area contributed by atoms with Crippen LogP contribution in [-0.2, 0) is 14.8 Å². The lowest BCUT2D eigenvalue weighted by atomic mass is 10.0. The van der Waals surface area contributed by atoms with Crippen LogP contribution in [0.4, 0.5) is 0 Å². The fourth-order valence-corrected chi connectivity index (χ4v) is 3.96. The van der Waals surface area contributed by atoms with Crippen LogP contribution < -0.4 is 0 Å². The molecular formula is C21H22N2O5S. The molecule has 7 nitrogen and oxygen atoms in total. The number of ether oxygens (including phenoxy) is 1. The molecule has 0 unspecified atom stereocenters. The molecular weight excluding hydrogens is 392 g/mol. The molecule has 152 valence electrons. The van der Waals surface area contributed by atoms with E-state index >= 15 is 0 Å². The third kappa shape index (κ3) is 3.94. The van der Waals surface area contributed by atoms with E-state index < -0.39 is 22.1 Å². The Labute approximate surface area is 169 Å². The van der Waals surface area contributed by atoms with E-state index in [9.17, 15) is 18.0 Å². The first-order valence-corrected chi connectivity index (χ1v) is 10.4. The highest BCUT2D eigenvalue weighted by atomic mass is 32.2. The highest BCUT2D eigenvalue weighted by molar-refractivity contribution is 7.89. The summed E-state index contributed by atoms with van der Waals surface area (Å²) in [6, 6.07) is 12.8. The maximum absolute atomic E-state index is 12.9. The minimum absolute atomic E-state index is 0.0672. The van der Waals surface area contributed by atoms with Gasteiger partial charge in [-0.2, -0.15) is 0 Å². The molecule has 1 heterocycles. The van der Waals surface area contributed by atoms with Crippen LogP contribution in [0.5, 0.6) is 0 Å². The van der Waals surface area contributed by atoms with Crippen LogP contribution in [0.2, 0.25) is 0 Å². The summed E-state index contributed by atoms with van der Waals surface area (Å²) < 4.78 is 30.6. The van der Waals surface area contributed by atoms with Gasteiger partial charge in [-0.25, -0.2) is 17.5 Å². The number of sulfonamides is 1. The van der Waals surface area contributed by atoms with Gasteiger partial charge in [0.1, 0.15) is 0 Å². The number of nitrogens with one attached hydrogen (secondary N) is 1. The van der Waals surface area contributed by atoms with Gasteiger partial charge < -0.3 is 9.72 Å². The number of carbonyl (C=O) groups is 2. The summed E-state index contributed by atoms with van der Waals surface area (Å²) in [5, 5.41) is 0.774. The van der Waals surface area contributed by atoms with Crippen molar-refractivity contribution in [1.82, 2.24) is 9.29 Å². The first-order chi connectivity index (χ1) is 13.6. The van der Waals surface area contributed by atoms with Crippen molar-refractivity contribution in [2.24, 2.45) is 0 Å². The first kappa shape index (κ1) is 20.8. The van der Waals surface area contributed by atoms with E-state index in [2.05, 4.69) is 4.98 Å². The Hall–Kier alpha value is -2.97. The molecule has 1 aromatic heterocycles. The third-order valence-corrected chi connectivity index (χ3v) is 6.49. The van der Waals surface area contributed by atoms with Gasteiger partial charge in [-0.3, -0.25) is 4.79 Å². The Morgan fingerprint density at radius 1 is 1.03 bits per heavy atom. The largest absolute Gasteiger partial charge is 0.451 e. The molecule has 0 aliphatic carbocycles. The lowest BCUT2D eigenvalue weighted by Gasteiger charge is -2.14. The number of ketones is 1. The molecule has 0 bridgehead atoms. The number of benzene rings is 2. The number of esters is 1. The summed E-state index contributed by atoms with van der Waals surface area (Å²) >= 11 is 0. The maximum Gasteiger partial charge on any atom is 0.338 e. The highest BCUT2D eigenvalue weighted by Crippen LogP contribution is 2.24. The minimum Gasteiger partial charge on any atom is -0.451 e. The van der Waals surface area contributed by atoms with Gasteiger partial charge in [0.15, 0.2) is 6.10 Å². The highest BCUT2D eigenvalue weighted by Gasteiger charge is 2.25. The number of aromatic nitrogens is 1. The number of hydrogen-bond acceptors (Lipinski definition) is 5. The summed E-state index contributed by atoms with van der Waals surface area (Å²) in [6.45, 7) is 3.32. The molecule has 0 amide bonds. The standard InChI is InChI=1S/C21H22N2O5S/c1-13-19(17-7-5-6-8-18(17)22-13)20(24)14(2)28-21(25)15-9-11-16(12-10-15)29(26,27)23(3)4/h5-12,14,22H,1-4H3/t14-/m1/s1. The van der Waals surface area contributed by atoms with Gasteiger partial charge in [0.25, 0.3) is 0 Å². The molecule has 0 spiro atoms. The van der Waals surface area contributed by atoms with E-state index in [0.29, 0.717) is 11.3 Å². The van der Waals surface area contributed by atoms with Crippen LogP contribution in [0.15, 0.2) is 53.4 Å². The fraction of sp³-hybridized carbons (Fsp3) is 0.238. The third-order valence-electron chi connectivity index (χ3n) is 4.66. The molecule has 29 heavy (non-hydrogen) atoms. The number of para-hydroxylation sites is 1. The van der Waals surface area contributed by atoms with E-state index in [4.69, 9.17) is 4.74 Å². The zero-order chi connectivity index (χ0) is 21.3. The van der Waals surface area contributed by atoms with Gasteiger partial charge in [-0.1, -0.05) is 18.2 Å². The van der Waals surface area contributed by atoms with Gasteiger partial charge in [0, 0.05) is 36.3 Å². The van der Waals surface area contributed by atoms with Crippen molar-refractivity contribution in [1.29, 1.82) is 0 Å². The number of aryl methyl sites for hydroxylation is 1. The van der Waals surface area contributed by atoms with E-state index in [1.54, 1.807) is 6.92 Å². The Balaban J connectivity index is 1.78. The first-order valence-electron chi connectivity index (χ1n) is 8.98. The van der Waals surface area contributed by atoms with E-state index in [1.165, 1.54) is 45.3 Å². The molecule has 0 aliphatic heterocycles. The Morgan fingerprint density at radius 2 is 1.66 bits per heavy atom. The molecule has 1 atom stereocenters. The Kier molecular flexibility index (Phi) is 5.59. The summed E-state index contributed by atoms with van der Waals surface area (Å²) in [5.74, 6) is -1.00. The number of Topliss-reactive ketones (excluding diaryl/α,β-unsaturated/α-hetero) is 1. The molecule has 0 saturated carbocycles. The van der Waals surface area contributed by atoms with E-state index in [-0.39, 0.29) is 16.2 Å². The van der Waals surface area contributed by atoms with Crippen LogP contribution in [0.3, 0.4) is 0 Å². The van der Waals surface area contributed by atoms with Crippen molar-refractivity contribution < 1.29 is 22.7 Å². The minimum atomic E-state index is -3.59. The number of H-pyrrole nitrogens is 1. The van der Waals surface area contributed by atoms with Crippen molar-refractivity contribution >= 4 is 32.7 Å². The quantitative estimate of drug-likeness (QED) is 0.494. The van der Waals surface area contributed by atoms with Crippen LogP contribution in [0.25, 0.3) is 10.9 Å². The number of hydrogen-bond donors (Lipinski definition) is 1. The van der Waals surface area contributed by atoms with Gasteiger partial charge >= 0.3 is 5.97 Å². The van der Waals surface area contributed by atoms with Crippen LogP contribution in [0, 0.1) is 6.92 Å². The predicted octanol–water partition coefficient (Wildman–Crippen LogP) is 3.15. The lowest BCUT2D eigenvalue weighted by Crippen LogP contribution is -2.25. The fourth-order valence-electron chi connectivity index (χ4n) is 3.05. The average molecular weight is 414 g/mol. The number of rotatable bonds is 6. The zero-order valence-electron chi connectivity index (χ0n) is 16.6. The van der Waals surface area contributed by atoms with Gasteiger partial charge in [0.2, 0.25) is 15.8 Å². The van der Waals surface area contributed by atoms with Crippen molar-refractivity contribution in [3.8, 4) is 0 Å². The molecule has 3 rings (SSSR count). The second-order valence-corrected chi connectivity index (χ2v) is 9.05. The zero-order valence-corrected chi connectivity index (χ0v) is 17.4. The summed E-state index contributed by atoms with van der Waals surface area (Å²) in [4.78, 5) is 28.5.